The number of halogens is 1. The van der Waals surface area contributed by atoms with Crippen LogP contribution in [0.1, 0.15) is 11.1 Å². The highest BCUT2D eigenvalue weighted by Crippen LogP contribution is 2.30. The largest absolute Gasteiger partial charge is 0.493 e. The van der Waals surface area contributed by atoms with Gasteiger partial charge in [0, 0.05) is 28.4 Å². The Morgan fingerprint density at radius 1 is 1.27 bits per heavy atom. The molecule has 1 aromatic heterocycles. The van der Waals surface area contributed by atoms with Crippen molar-refractivity contribution in [2.75, 3.05) is 18.7 Å². The summed E-state index contributed by atoms with van der Waals surface area (Å²) in [7, 11) is -2.13. The Labute approximate surface area is 199 Å². The van der Waals surface area contributed by atoms with Crippen LogP contribution in [0.15, 0.2) is 53.2 Å². The predicted octanol–water partition coefficient (Wildman–Crippen LogP) is 3.73. The van der Waals surface area contributed by atoms with E-state index in [2.05, 4.69) is 14.7 Å². The number of hydrogen-bond donors (Lipinski definition) is 1. The summed E-state index contributed by atoms with van der Waals surface area (Å²) in [6.45, 7) is 0.231. The van der Waals surface area contributed by atoms with Crippen molar-refractivity contribution < 1.29 is 22.7 Å². The van der Waals surface area contributed by atoms with Crippen molar-refractivity contribution in [3.63, 3.8) is 0 Å². The molecule has 0 aliphatic carbocycles. The third kappa shape index (κ3) is 6.29. The summed E-state index contributed by atoms with van der Waals surface area (Å²) in [6.07, 6.45) is 2.31. The fourth-order valence-electron chi connectivity index (χ4n) is 2.56. The molecule has 0 spiro atoms. The highest BCUT2D eigenvalue weighted by atomic mass is 35.5. The molecule has 2 aromatic carbocycles. The van der Waals surface area contributed by atoms with E-state index in [0.717, 1.165) is 11.8 Å². The van der Waals surface area contributed by atoms with Crippen LogP contribution in [0.2, 0.25) is 5.02 Å². The molecule has 1 amide bonds. The number of ether oxygens (including phenoxy) is 2. The molecule has 1 N–H and O–H groups in total. The molecule has 3 rings (SSSR count). The summed E-state index contributed by atoms with van der Waals surface area (Å²) in [5.41, 5.74) is 1.10. The van der Waals surface area contributed by atoms with Crippen LogP contribution in [0.3, 0.4) is 0 Å². The number of amides is 1. The first-order valence-corrected chi connectivity index (χ1v) is 12.3. The Morgan fingerprint density at radius 3 is 2.67 bits per heavy atom. The van der Waals surface area contributed by atoms with Gasteiger partial charge in [0.05, 0.1) is 7.11 Å². The monoisotopic (exact) mass is 504 g/mol. The van der Waals surface area contributed by atoms with E-state index >= 15 is 0 Å². The second-order valence-electron chi connectivity index (χ2n) is 6.57. The molecule has 0 radical (unpaired) electrons. The lowest BCUT2D eigenvalue weighted by atomic mass is 10.1. The zero-order chi connectivity index (χ0) is 24.0. The van der Waals surface area contributed by atoms with Gasteiger partial charge < -0.3 is 9.47 Å². The normalized spacial score (nSPS) is 11.5. The van der Waals surface area contributed by atoms with Crippen molar-refractivity contribution in [1.82, 2.24) is 9.36 Å². The van der Waals surface area contributed by atoms with Gasteiger partial charge in [0.25, 0.3) is 11.1 Å². The molecule has 0 bridgehead atoms. The lowest BCUT2D eigenvalue weighted by molar-refractivity contribution is -0.112. The fourth-order valence-corrected chi connectivity index (χ4v) is 4.18. The van der Waals surface area contributed by atoms with Gasteiger partial charge in [-0.3, -0.25) is 10.1 Å². The quantitative estimate of drug-likeness (QED) is 0.362. The molecule has 9 nitrogen and oxygen atoms in total. The molecule has 3 aromatic rings. The van der Waals surface area contributed by atoms with E-state index in [-0.39, 0.29) is 17.3 Å². The maximum atomic E-state index is 12.4. The second kappa shape index (κ2) is 10.4. The number of anilines is 1. The Bertz CT molecular complexity index is 1360. The van der Waals surface area contributed by atoms with E-state index in [1.54, 1.807) is 24.3 Å². The van der Waals surface area contributed by atoms with Crippen molar-refractivity contribution in [3.8, 4) is 17.6 Å². The standard InChI is InChI=1S/C21H17ClN4O5S2/c1-30-18-10-13(7-8-17(18)31-12-14-5-3-4-6-16(14)22)9-15(11-23)19(27)24-20-25-21(26-32-20)33(2,28)29/h3-10H,12H2,1-2H3,(H,24,25,26,27)/b15-9-. The summed E-state index contributed by atoms with van der Waals surface area (Å²) < 4.78 is 37.8. The number of benzene rings is 2. The number of rotatable bonds is 8. The topological polar surface area (TPSA) is 131 Å². The number of nitrogens with zero attached hydrogens (tertiary/aromatic N) is 3. The molecular weight excluding hydrogens is 488 g/mol. The molecule has 170 valence electrons. The summed E-state index contributed by atoms with van der Waals surface area (Å²) in [4.78, 5) is 16.2. The molecule has 12 heteroatoms. The smallest absolute Gasteiger partial charge is 0.268 e. The van der Waals surface area contributed by atoms with Crippen molar-refractivity contribution >= 4 is 50.1 Å². The van der Waals surface area contributed by atoms with Gasteiger partial charge in [-0.05, 0) is 29.8 Å². The number of nitriles is 1. The summed E-state index contributed by atoms with van der Waals surface area (Å²) in [6, 6.07) is 14.0. The number of aromatic nitrogens is 2. The van der Waals surface area contributed by atoms with Crippen molar-refractivity contribution in [2.24, 2.45) is 0 Å². The van der Waals surface area contributed by atoms with Crippen LogP contribution >= 0.6 is 23.1 Å². The van der Waals surface area contributed by atoms with Gasteiger partial charge in [0.1, 0.15) is 18.2 Å². The molecule has 0 aliphatic heterocycles. The van der Waals surface area contributed by atoms with E-state index in [0.29, 0.717) is 33.6 Å². The average Bonchev–Trinajstić information content (AvgIpc) is 3.26. The molecular formula is C21H17ClN4O5S2. The number of sulfone groups is 1. The highest BCUT2D eigenvalue weighted by Gasteiger charge is 2.18. The van der Waals surface area contributed by atoms with E-state index in [1.165, 1.54) is 13.2 Å². The molecule has 0 fully saturated rings. The minimum Gasteiger partial charge on any atom is -0.493 e. The van der Waals surface area contributed by atoms with E-state index in [1.807, 2.05) is 24.3 Å². The molecule has 0 aliphatic rings. The van der Waals surface area contributed by atoms with Crippen LogP contribution in [0.5, 0.6) is 11.5 Å². The first-order chi connectivity index (χ1) is 15.7. The summed E-state index contributed by atoms with van der Waals surface area (Å²) in [5.74, 6) is 0.0989. The molecule has 0 unspecified atom stereocenters. The van der Waals surface area contributed by atoms with Crippen molar-refractivity contribution in [2.45, 2.75) is 11.8 Å². The maximum absolute atomic E-state index is 12.4. The Hall–Kier alpha value is -3.46. The molecule has 1 heterocycles. The lowest BCUT2D eigenvalue weighted by Gasteiger charge is -2.12. The number of carbonyl (C=O) groups excluding carboxylic acids is 1. The van der Waals surface area contributed by atoms with Crippen LogP contribution in [0.4, 0.5) is 5.13 Å². The number of hydrogen-bond acceptors (Lipinski definition) is 9. The van der Waals surface area contributed by atoms with Crippen molar-refractivity contribution in [1.29, 1.82) is 5.26 Å². The zero-order valence-corrected chi connectivity index (χ0v) is 19.8. The average molecular weight is 505 g/mol. The number of methoxy groups -OCH3 is 1. The van der Waals surface area contributed by atoms with Gasteiger partial charge in [-0.25, -0.2) is 8.42 Å². The molecule has 0 saturated carbocycles. The Kier molecular flexibility index (Phi) is 7.65. The Morgan fingerprint density at radius 2 is 2.03 bits per heavy atom. The van der Waals surface area contributed by atoms with Crippen molar-refractivity contribution in [3.05, 3.63) is 64.2 Å². The van der Waals surface area contributed by atoms with Crippen LogP contribution in [0.25, 0.3) is 6.08 Å². The molecule has 0 saturated heterocycles. The zero-order valence-electron chi connectivity index (χ0n) is 17.4. The van der Waals surface area contributed by atoms with Crippen LogP contribution in [0, 0.1) is 11.3 Å². The third-order valence-corrected chi connectivity index (χ3v) is 6.12. The van der Waals surface area contributed by atoms with Gasteiger partial charge in [0.15, 0.2) is 11.5 Å². The van der Waals surface area contributed by atoms with Gasteiger partial charge in [-0.1, -0.05) is 35.9 Å². The van der Waals surface area contributed by atoms with Gasteiger partial charge in [-0.2, -0.15) is 14.6 Å². The summed E-state index contributed by atoms with van der Waals surface area (Å²) >= 11 is 6.85. The van der Waals surface area contributed by atoms with E-state index < -0.39 is 20.9 Å². The van der Waals surface area contributed by atoms with Gasteiger partial charge in [-0.15, -0.1) is 0 Å². The summed E-state index contributed by atoms with van der Waals surface area (Å²) in [5, 5.41) is 11.9. The van der Waals surface area contributed by atoms with Crippen LogP contribution in [-0.4, -0.2) is 37.0 Å². The fraction of sp³-hybridized carbons (Fsp3) is 0.143. The van der Waals surface area contributed by atoms with Gasteiger partial charge >= 0.3 is 0 Å². The van der Waals surface area contributed by atoms with Crippen LogP contribution < -0.4 is 14.8 Å². The first kappa shape index (κ1) is 24.2. The van der Waals surface area contributed by atoms with Crippen LogP contribution in [-0.2, 0) is 21.2 Å². The minimum atomic E-state index is -3.60. The van der Waals surface area contributed by atoms with E-state index in [4.69, 9.17) is 21.1 Å². The SMILES string of the molecule is COc1cc(/C=C(/C#N)C(=O)Nc2nc(S(C)(=O)=O)ns2)ccc1OCc1ccccc1Cl. The number of nitrogens with one attached hydrogen (secondary N) is 1. The molecule has 0 atom stereocenters. The minimum absolute atomic E-state index is 0.0394. The number of carbonyl (C=O) groups is 1. The first-order valence-electron chi connectivity index (χ1n) is 9.22. The highest BCUT2D eigenvalue weighted by molar-refractivity contribution is 7.90. The lowest BCUT2D eigenvalue weighted by Crippen LogP contribution is -2.13. The second-order valence-corrected chi connectivity index (χ2v) is 9.64. The Balaban J connectivity index is 1.76. The van der Waals surface area contributed by atoms with E-state index in [9.17, 15) is 18.5 Å². The molecule has 33 heavy (non-hydrogen) atoms. The maximum Gasteiger partial charge on any atom is 0.268 e. The third-order valence-electron chi connectivity index (χ3n) is 4.16. The predicted molar refractivity (Wildman–Crippen MR) is 124 cm³/mol. The van der Waals surface area contributed by atoms with Gasteiger partial charge in [0.2, 0.25) is 15.0 Å².